The highest BCUT2D eigenvalue weighted by Crippen LogP contribution is 2.38. The second kappa shape index (κ2) is 2.17. The first-order chi connectivity index (χ1) is 5.25. The molecule has 2 saturated heterocycles. The summed E-state index contributed by atoms with van der Waals surface area (Å²) in [5, 5.41) is 2.49. The van der Waals surface area contributed by atoms with E-state index in [0.717, 1.165) is 0 Å². The molecule has 0 aliphatic carbocycles. The topological polar surface area (TPSA) is 38.3 Å². The van der Waals surface area contributed by atoms with Crippen molar-refractivity contribution in [2.75, 3.05) is 19.8 Å². The van der Waals surface area contributed by atoms with Crippen molar-refractivity contribution < 1.29 is 13.9 Å². The second-order valence-corrected chi connectivity index (χ2v) is 3.26. The zero-order chi connectivity index (χ0) is 7.90. The summed E-state index contributed by atoms with van der Waals surface area (Å²) in [5.41, 5.74) is -0.470. The van der Waals surface area contributed by atoms with Crippen LogP contribution < -0.4 is 5.32 Å². The molecule has 1 unspecified atom stereocenters. The molecule has 3 nitrogen and oxygen atoms in total. The molecule has 1 N–H and O–H groups in total. The number of ether oxygens (including phenoxy) is 1. The lowest BCUT2D eigenvalue weighted by atomic mass is 9.75. The van der Waals surface area contributed by atoms with E-state index < -0.39 is 17.5 Å². The van der Waals surface area contributed by atoms with Crippen molar-refractivity contribution in [3.8, 4) is 0 Å². The van der Waals surface area contributed by atoms with Crippen molar-refractivity contribution in [2.24, 2.45) is 5.41 Å². The predicted molar refractivity (Wildman–Crippen MR) is 35.8 cm³/mol. The Labute approximate surface area is 63.9 Å². The van der Waals surface area contributed by atoms with E-state index >= 15 is 0 Å². The normalized spacial score (nSPS) is 34.6. The van der Waals surface area contributed by atoms with Crippen molar-refractivity contribution in [1.29, 1.82) is 0 Å². The summed E-state index contributed by atoms with van der Waals surface area (Å²) < 4.78 is 18.1. The van der Waals surface area contributed by atoms with Crippen molar-refractivity contribution in [3.63, 3.8) is 0 Å². The van der Waals surface area contributed by atoms with Gasteiger partial charge in [0.1, 0.15) is 0 Å². The Bertz CT molecular complexity index is 191. The Kier molecular flexibility index (Phi) is 1.39. The maximum Gasteiger partial charge on any atom is 0.255 e. The Hall–Kier alpha value is -0.640. The van der Waals surface area contributed by atoms with Crippen LogP contribution in [-0.2, 0) is 9.53 Å². The quantitative estimate of drug-likeness (QED) is 0.534. The average Bonchev–Trinajstić information content (AvgIpc) is 1.91. The molecule has 1 atom stereocenters. The molecule has 11 heavy (non-hydrogen) atoms. The number of rotatable bonds is 0. The number of amides is 1. The highest BCUT2D eigenvalue weighted by atomic mass is 19.1. The van der Waals surface area contributed by atoms with Crippen LogP contribution in [0.4, 0.5) is 4.39 Å². The maximum absolute atomic E-state index is 13.2. The predicted octanol–water partition coefficient (Wildman–Crippen LogP) is -0.139. The number of nitrogens with one attached hydrogen (secondary N) is 1. The van der Waals surface area contributed by atoms with Gasteiger partial charge in [-0.25, -0.2) is 4.39 Å². The van der Waals surface area contributed by atoms with Gasteiger partial charge >= 0.3 is 0 Å². The fraction of sp³-hybridized carbons (Fsp3) is 0.857. The van der Waals surface area contributed by atoms with Gasteiger partial charge in [0.15, 0.2) is 6.17 Å². The lowest BCUT2D eigenvalue weighted by Crippen LogP contribution is -2.60. The Morgan fingerprint density at radius 2 is 2.36 bits per heavy atom. The number of hydrogen-bond donors (Lipinski definition) is 1. The summed E-state index contributed by atoms with van der Waals surface area (Å²) in [7, 11) is 0. The molecule has 4 heteroatoms. The number of carbonyl (C=O) groups excluding carboxylic acids is 1. The molecule has 0 aromatic heterocycles. The minimum Gasteiger partial charge on any atom is -0.380 e. The number of hydrogen-bond acceptors (Lipinski definition) is 2. The van der Waals surface area contributed by atoms with Crippen LogP contribution in [0.15, 0.2) is 0 Å². The van der Waals surface area contributed by atoms with E-state index in [1.54, 1.807) is 0 Å². The van der Waals surface area contributed by atoms with E-state index in [4.69, 9.17) is 4.74 Å². The molecule has 0 radical (unpaired) electrons. The fourth-order valence-electron chi connectivity index (χ4n) is 1.58. The summed E-state index contributed by atoms with van der Waals surface area (Å²) in [6.07, 6.45) is -0.648. The number of halogens is 1. The Balaban J connectivity index is 2.13. The van der Waals surface area contributed by atoms with Gasteiger partial charge in [0.25, 0.3) is 5.91 Å². The van der Waals surface area contributed by atoms with Gasteiger partial charge in [-0.05, 0) is 6.42 Å². The van der Waals surface area contributed by atoms with Gasteiger partial charge in [-0.2, -0.15) is 0 Å². The van der Waals surface area contributed by atoms with Gasteiger partial charge in [0, 0.05) is 6.54 Å². The largest absolute Gasteiger partial charge is 0.380 e. The first-order valence-corrected chi connectivity index (χ1v) is 3.74. The minimum absolute atomic E-state index is 0.404. The van der Waals surface area contributed by atoms with Gasteiger partial charge in [0.2, 0.25) is 0 Å². The standard InChI is InChI=1S/C7H10FNO2/c8-5-6(10)9-2-1-7(5)3-11-4-7/h5H,1-4H2,(H,9,10). The van der Waals surface area contributed by atoms with E-state index in [2.05, 4.69) is 5.32 Å². The first-order valence-electron chi connectivity index (χ1n) is 3.74. The smallest absolute Gasteiger partial charge is 0.255 e. The molecule has 0 aromatic carbocycles. The van der Waals surface area contributed by atoms with Gasteiger partial charge in [0.05, 0.1) is 18.6 Å². The van der Waals surface area contributed by atoms with E-state index in [1.165, 1.54) is 0 Å². The SMILES string of the molecule is O=C1NCCC2(COC2)C1F. The van der Waals surface area contributed by atoms with Gasteiger partial charge in [-0.15, -0.1) is 0 Å². The van der Waals surface area contributed by atoms with Gasteiger partial charge in [-0.1, -0.05) is 0 Å². The maximum atomic E-state index is 13.2. The number of piperidine rings is 1. The zero-order valence-corrected chi connectivity index (χ0v) is 6.10. The molecule has 0 bridgehead atoms. The van der Waals surface area contributed by atoms with Crippen LogP contribution in [-0.4, -0.2) is 31.8 Å². The third-order valence-electron chi connectivity index (χ3n) is 2.47. The first kappa shape index (κ1) is 7.03. The third-order valence-corrected chi connectivity index (χ3v) is 2.47. The average molecular weight is 159 g/mol. The van der Waals surface area contributed by atoms with Crippen molar-refractivity contribution in [2.45, 2.75) is 12.6 Å². The molecule has 1 spiro atoms. The molecule has 1 amide bonds. The van der Waals surface area contributed by atoms with Crippen LogP contribution in [0.2, 0.25) is 0 Å². The van der Waals surface area contributed by atoms with E-state index in [1.807, 2.05) is 0 Å². The molecule has 2 fully saturated rings. The van der Waals surface area contributed by atoms with Crippen LogP contribution in [0, 0.1) is 5.41 Å². The van der Waals surface area contributed by atoms with Crippen molar-refractivity contribution in [3.05, 3.63) is 0 Å². The zero-order valence-electron chi connectivity index (χ0n) is 6.10. The summed E-state index contributed by atoms with van der Waals surface area (Å²) >= 11 is 0. The number of alkyl halides is 1. The summed E-state index contributed by atoms with van der Waals surface area (Å²) in [4.78, 5) is 10.9. The van der Waals surface area contributed by atoms with Crippen LogP contribution >= 0.6 is 0 Å². The van der Waals surface area contributed by atoms with Crippen LogP contribution in [0.25, 0.3) is 0 Å². The molecular formula is C7H10FNO2. The Morgan fingerprint density at radius 3 is 2.82 bits per heavy atom. The van der Waals surface area contributed by atoms with Crippen molar-refractivity contribution >= 4 is 5.91 Å². The summed E-state index contributed by atoms with van der Waals surface area (Å²) in [6.45, 7) is 1.39. The highest BCUT2D eigenvalue weighted by molar-refractivity contribution is 5.82. The molecule has 0 saturated carbocycles. The van der Waals surface area contributed by atoms with E-state index in [9.17, 15) is 9.18 Å². The minimum atomic E-state index is -1.36. The molecule has 62 valence electrons. The highest BCUT2D eigenvalue weighted by Gasteiger charge is 2.51. The molecule has 2 heterocycles. The third kappa shape index (κ3) is 0.854. The van der Waals surface area contributed by atoms with Gasteiger partial charge in [-0.3, -0.25) is 4.79 Å². The molecule has 2 rings (SSSR count). The second-order valence-electron chi connectivity index (χ2n) is 3.26. The summed E-state index contributed by atoms with van der Waals surface area (Å²) in [6, 6.07) is 0. The molecule has 2 aliphatic heterocycles. The molecular weight excluding hydrogens is 149 g/mol. The van der Waals surface area contributed by atoms with Crippen LogP contribution in [0.3, 0.4) is 0 Å². The van der Waals surface area contributed by atoms with E-state index in [-0.39, 0.29) is 0 Å². The van der Waals surface area contributed by atoms with Gasteiger partial charge < -0.3 is 10.1 Å². The molecule has 2 aliphatic rings. The Morgan fingerprint density at radius 1 is 1.64 bits per heavy atom. The lowest BCUT2D eigenvalue weighted by molar-refractivity contribution is -0.176. The van der Waals surface area contributed by atoms with E-state index in [0.29, 0.717) is 26.2 Å². The molecule has 0 aromatic rings. The van der Waals surface area contributed by atoms with Crippen LogP contribution in [0.5, 0.6) is 0 Å². The van der Waals surface area contributed by atoms with Crippen molar-refractivity contribution in [1.82, 2.24) is 5.32 Å². The summed E-state index contributed by atoms with van der Waals surface area (Å²) in [5.74, 6) is -0.473. The fourth-order valence-corrected chi connectivity index (χ4v) is 1.58. The monoisotopic (exact) mass is 159 g/mol. The lowest BCUT2D eigenvalue weighted by Gasteiger charge is -2.45. The number of carbonyl (C=O) groups is 1. The van der Waals surface area contributed by atoms with Crippen LogP contribution in [0.1, 0.15) is 6.42 Å².